The lowest BCUT2D eigenvalue weighted by molar-refractivity contribution is 0.287. The number of aliphatic hydroxyl groups excluding tert-OH is 1. The average molecular weight is 450 g/mol. The van der Waals surface area contributed by atoms with E-state index in [1.165, 1.54) is 0 Å². The molecule has 0 bridgehead atoms. The summed E-state index contributed by atoms with van der Waals surface area (Å²) in [7, 11) is 0. The molecule has 0 saturated carbocycles. The number of imidazole rings is 1. The molecular weight excluding hydrogens is 425 g/mol. The quantitative estimate of drug-likeness (QED) is 0.412. The number of hydrogen-bond donors (Lipinski definition) is 2. The molecule has 0 amide bonds. The molecule has 0 aliphatic carbocycles. The van der Waals surface area contributed by atoms with Crippen molar-refractivity contribution in [2.75, 3.05) is 12.3 Å². The fraction of sp³-hybridized carbons (Fsp3) is 0.318. The third-order valence-electron chi connectivity index (χ3n) is 4.47. The van der Waals surface area contributed by atoms with Crippen molar-refractivity contribution in [3.63, 3.8) is 0 Å². The SMILES string of the molecule is CC(C)c1nc(CCCO)n(Cc2cccc(N)c2)c1Sc1cc(Cl)cc(Cl)c1. The number of hydrogen-bond acceptors (Lipinski definition) is 4. The summed E-state index contributed by atoms with van der Waals surface area (Å²) in [5.41, 5.74) is 8.86. The molecule has 3 rings (SSSR count). The van der Waals surface area contributed by atoms with Crippen molar-refractivity contribution >= 4 is 40.7 Å². The topological polar surface area (TPSA) is 64.1 Å². The number of aromatic nitrogens is 2. The standard InChI is InChI=1S/C22H25Cl2N3OS/c1-14(2)21-22(29-19-11-16(23)10-17(24)12-19)27(20(26-21)7-4-8-28)13-15-5-3-6-18(25)9-15/h3,5-6,9-12,14,28H,4,7-8,13,25H2,1-2H3. The Kier molecular flexibility index (Phi) is 7.52. The number of anilines is 1. The van der Waals surface area contributed by atoms with E-state index in [1.54, 1.807) is 17.8 Å². The smallest absolute Gasteiger partial charge is 0.110 e. The monoisotopic (exact) mass is 449 g/mol. The lowest BCUT2D eigenvalue weighted by atomic mass is 10.1. The minimum Gasteiger partial charge on any atom is -0.399 e. The molecule has 4 nitrogen and oxygen atoms in total. The van der Waals surface area contributed by atoms with Gasteiger partial charge in [-0.3, -0.25) is 0 Å². The number of halogens is 2. The Bertz CT molecular complexity index is 968. The Morgan fingerprint density at radius 3 is 2.48 bits per heavy atom. The molecule has 0 atom stereocenters. The van der Waals surface area contributed by atoms with Gasteiger partial charge in [0.15, 0.2) is 0 Å². The summed E-state index contributed by atoms with van der Waals surface area (Å²) < 4.78 is 2.22. The molecule has 0 aliphatic heterocycles. The van der Waals surface area contributed by atoms with Crippen molar-refractivity contribution in [3.05, 3.63) is 69.6 Å². The van der Waals surface area contributed by atoms with Gasteiger partial charge in [0.25, 0.3) is 0 Å². The number of nitrogens with zero attached hydrogens (tertiary/aromatic N) is 2. The lowest BCUT2D eigenvalue weighted by Gasteiger charge is -2.14. The van der Waals surface area contributed by atoms with Gasteiger partial charge in [-0.1, -0.05) is 60.9 Å². The van der Waals surface area contributed by atoms with Crippen LogP contribution < -0.4 is 5.73 Å². The number of rotatable bonds is 8. The highest BCUT2D eigenvalue weighted by Gasteiger charge is 2.21. The maximum Gasteiger partial charge on any atom is 0.110 e. The molecule has 0 fully saturated rings. The molecule has 29 heavy (non-hydrogen) atoms. The van der Waals surface area contributed by atoms with Crippen LogP contribution in [0.5, 0.6) is 0 Å². The number of benzene rings is 2. The minimum atomic E-state index is 0.133. The van der Waals surface area contributed by atoms with E-state index in [0.717, 1.165) is 32.7 Å². The van der Waals surface area contributed by atoms with E-state index in [1.807, 2.05) is 30.3 Å². The summed E-state index contributed by atoms with van der Waals surface area (Å²) >= 11 is 14.0. The van der Waals surface area contributed by atoms with E-state index in [9.17, 15) is 5.11 Å². The highest BCUT2D eigenvalue weighted by molar-refractivity contribution is 7.99. The maximum absolute atomic E-state index is 9.34. The second-order valence-corrected chi connectivity index (χ2v) is 9.17. The number of aliphatic hydroxyl groups is 1. The van der Waals surface area contributed by atoms with Gasteiger partial charge in [0.1, 0.15) is 10.9 Å². The van der Waals surface area contributed by atoms with Crippen molar-refractivity contribution in [3.8, 4) is 0 Å². The zero-order valence-corrected chi connectivity index (χ0v) is 18.9. The van der Waals surface area contributed by atoms with E-state index in [-0.39, 0.29) is 12.5 Å². The highest BCUT2D eigenvalue weighted by Crippen LogP contribution is 2.37. The first-order valence-electron chi connectivity index (χ1n) is 9.56. The summed E-state index contributed by atoms with van der Waals surface area (Å²) in [4.78, 5) is 5.91. The van der Waals surface area contributed by atoms with E-state index < -0.39 is 0 Å². The summed E-state index contributed by atoms with van der Waals surface area (Å²) in [5, 5.41) is 11.6. The zero-order valence-electron chi connectivity index (χ0n) is 16.5. The van der Waals surface area contributed by atoms with Crippen LogP contribution in [0.25, 0.3) is 0 Å². The highest BCUT2D eigenvalue weighted by atomic mass is 35.5. The van der Waals surface area contributed by atoms with Crippen LogP contribution in [-0.2, 0) is 13.0 Å². The predicted octanol–water partition coefficient (Wildman–Crippen LogP) is 6.02. The third kappa shape index (κ3) is 5.70. The lowest BCUT2D eigenvalue weighted by Crippen LogP contribution is -2.08. The molecule has 1 aromatic heterocycles. The van der Waals surface area contributed by atoms with Crippen molar-refractivity contribution in [2.45, 2.75) is 49.1 Å². The Labute approximate surface area is 186 Å². The first kappa shape index (κ1) is 22.0. The van der Waals surface area contributed by atoms with Crippen LogP contribution >= 0.6 is 35.0 Å². The van der Waals surface area contributed by atoms with Crippen LogP contribution in [0.4, 0.5) is 5.69 Å². The molecule has 3 N–H and O–H groups in total. The minimum absolute atomic E-state index is 0.133. The van der Waals surface area contributed by atoms with Gasteiger partial charge in [0.05, 0.1) is 5.69 Å². The fourth-order valence-corrected chi connectivity index (χ4v) is 5.07. The van der Waals surface area contributed by atoms with Crippen LogP contribution in [0.15, 0.2) is 52.4 Å². The number of aryl methyl sites for hydroxylation is 1. The molecule has 0 unspecified atom stereocenters. The molecule has 3 aromatic rings. The van der Waals surface area contributed by atoms with Crippen LogP contribution in [0.1, 0.15) is 43.3 Å². The second-order valence-electron chi connectivity index (χ2n) is 7.24. The van der Waals surface area contributed by atoms with Crippen LogP contribution in [0.2, 0.25) is 10.0 Å². The van der Waals surface area contributed by atoms with Gasteiger partial charge in [0, 0.05) is 40.2 Å². The molecule has 7 heteroatoms. The third-order valence-corrected chi connectivity index (χ3v) is 6.00. The summed E-state index contributed by atoms with van der Waals surface area (Å²) in [6.07, 6.45) is 1.37. The fourth-order valence-electron chi connectivity index (χ4n) is 3.15. The first-order chi connectivity index (χ1) is 13.9. The molecule has 0 spiro atoms. The van der Waals surface area contributed by atoms with Gasteiger partial charge < -0.3 is 15.4 Å². The summed E-state index contributed by atoms with van der Waals surface area (Å²) in [6.45, 7) is 5.06. The molecular formula is C22H25Cl2N3OS. The van der Waals surface area contributed by atoms with Crippen molar-refractivity contribution in [1.29, 1.82) is 0 Å². The number of nitrogen functional groups attached to an aromatic ring is 1. The zero-order chi connectivity index (χ0) is 21.0. The van der Waals surface area contributed by atoms with E-state index in [4.69, 9.17) is 33.9 Å². The van der Waals surface area contributed by atoms with Gasteiger partial charge in [-0.05, 0) is 48.2 Å². The average Bonchev–Trinajstić information content (AvgIpc) is 2.97. The molecule has 0 saturated heterocycles. The van der Waals surface area contributed by atoms with Gasteiger partial charge in [0.2, 0.25) is 0 Å². The van der Waals surface area contributed by atoms with Gasteiger partial charge in [-0.25, -0.2) is 4.98 Å². The Hall–Kier alpha value is -1.66. The molecule has 0 aliphatic rings. The van der Waals surface area contributed by atoms with Gasteiger partial charge >= 0.3 is 0 Å². The summed E-state index contributed by atoms with van der Waals surface area (Å²) in [5.74, 6) is 1.21. The largest absolute Gasteiger partial charge is 0.399 e. The van der Waals surface area contributed by atoms with Crippen molar-refractivity contribution in [2.24, 2.45) is 0 Å². The first-order valence-corrected chi connectivity index (χ1v) is 11.1. The molecule has 2 aromatic carbocycles. The van der Waals surface area contributed by atoms with Crippen molar-refractivity contribution < 1.29 is 5.11 Å². The van der Waals surface area contributed by atoms with Gasteiger partial charge in [-0.2, -0.15) is 0 Å². The normalized spacial score (nSPS) is 11.4. The molecule has 0 radical (unpaired) electrons. The van der Waals surface area contributed by atoms with E-state index in [0.29, 0.717) is 29.4 Å². The number of nitrogens with two attached hydrogens (primary N) is 1. The van der Waals surface area contributed by atoms with Crippen LogP contribution in [0.3, 0.4) is 0 Å². The van der Waals surface area contributed by atoms with E-state index >= 15 is 0 Å². The van der Waals surface area contributed by atoms with Crippen molar-refractivity contribution in [1.82, 2.24) is 9.55 Å². The Balaban J connectivity index is 2.08. The molecule has 1 heterocycles. The van der Waals surface area contributed by atoms with Crippen LogP contribution in [0, 0.1) is 0 Å². The van der Waals surface area contributed by atoms with Crippen LogP contribution in [-0.4, -0.2) is 21.3 Å². The Morgan fingerprint density at radius 2 is 1.86 bits per heavy atom. The van der Waals surface area contributed by atoms with Gasteiger partial charge in [-0.15, -0.1) is 0 Å². The maximum atomic E-state index is 9.34. The Morgan fingerprint density at radius 1 is 1.14 bits per heavy atom. The summed E-state index contributed by atoms with van der Waals surface area (Å²) in [6, 6.07) is 13.4. The second kappa shape index (κ2) is 9.90. The van der Waals surface area contributed by atoms with E-state index in [2.05, 4.69) is 24.5 Å². The predicted molar refractivity (Wildman–Crippen MR) is 122 cm³/mol. The molecule has 154 valence electrons.